The Labute approximate surface area is 186 Å². The Bertz CT molecular complexity index is 1230. The van der Waals surface area contributed by atoms with Crippen molar-refractivity contribution in [1.29, 1.82) is 0 Å². The zero-order valence-electron chi connectivity index (χ0n) is 16.6. The number of nitrogens with zero attached hydrogens (tertiary/aromatic N) is 2. The molecule has 0 N–H and O–H groups in total. The second-order valence-electron chi connectivity index (χ2n) is 7.13. The number of pyridine rings is 2. The average molecular weight is 484 g/mol. The van der Waals surface area contributed by atoms with E-state index < -0.39 is 23.7 Å². The largest absolute Gasteiger partial charge is 0.434 e. The molecule has 0 saturated carbocycles. The van der Waals surface area contributed by atoms with E-state index in [1.54, 1.807) is 50.2 Å². The summed E-state index contributed by atoms with van der Waals surface area (Å²) in [7, 11) is 1.17. The van der Waals surface area contributed by atoms with Crippen molar-refractivity contribution in [2.75, 3.05) is 0 Å². The number of hydrogen-bond donors (Lipinski definition) is 0. The molecule has 0 saturated heterocycles. The molecule has 4 rings (SSSR count). The van der Waals surface area contributed by atoms with Crippen LogP contribution in [0.25, 0.3) is 21.8 Å². The van der Waals surface area contributed by atoms with Gasteiger partial charge in [0.15, 0.2) is 11.4 Å². The molecule has 0 fully saturated rings. The van der Waals surface area contributed by atoms with Crippen LogP contribution in [-0.2, 0) is 12.4 Å². The molecule has 32 heavy (non-hydrogen) atoms. The standard InChI is InChI=1S/C22H14F6N2S2/c1-11-5-3-7-13-9-15(19(21(23,24)25)29-17(11)13)31-32-16-10-14-8-4-6-12(2)18(14)30-20(16)22(26,27)28/h3-10H,1-2H3. The van der Waals surface area contributed by atoms with Crippen LogP contribution in [0.2, 0.25) is 0 Å². The second kappa shape index (κ2) is 8.15. The number of alkyl halides is 6. The molecule has 0 bridgehead atoms. The topological polar surface area (TPSA) is 25.8 Å². The van der Waals surface area contributed by atoms with Gasteiger partial charge in [-0.05, 0) is 37.1 Å². The number of halogens is 6. The predicted octanol–water partition coefficient (Wildman–Crippen LogP) is 8.24. The summed E-state index contributed by atoms with van der Waals surface area (Å²) in [5, 5.41) is 0.953. The normalized spacial score (nSPS) is 12.6. The van der Waals surface area contributed by atoms with Crippen LogP contribution in [0.5, 0.6) is 0 Å². The Hall–Kier alpha value is -2.46. The Balaban J connectivity index is 1.81. The van der Waals surface area contributed by atoms with Gasteiger partial charge in [0.2, 0.25) is 0 Å². The van der Waals surface area contributed by atoms with E-state index in [9.17, 15) is 26.3 Å². The van der Waals surface area contributed by atoms with Crippen molar-refractivity contribution in [3.8, 4) is 0 Å². The van der Waals surface area contributed by atoms with E-state index in [1.165, 1.54) is 12.1 Å². The molecular weight excluding hydrogens is 470 g/mol. The lowest BCUT2D eigenvalue weighted by Gasteiger charge is -2.16. The molecule has 2 aromatic carbocycles. The highest BCUT2D eigenvalue weighted by Crippen LogP contribution is 2.47. The average Bonchev–Trinajstić information content (AvgIpc) is 2.70. The lowest BCUT2D eigenvalue weighted by atomic mass is 10.1. The lowest BCUT2D eigenvalue weighted by Crippen LogP contribution is -2.11. The van der Waals surface area contributed by atoms with Gasteiger partial charge in [-0.15, -0.1) is 0 Å². The number of hydrogen-bond acceptors (Lipinski definition) is 4. The van der Waals surface area contributed by atoms with Crippen LogP contribution in [0.3, 0.4) is 0 Å². The van der Waals surface area contributed by atoms with Crippen molar-refractivity contribution in [3.63, 3.8) is 0 Å². The summed E-state index contributed by atoms with van der Waals surface area (Å²) < 4.78 is 82.1. The third-order valence-electron chi connectivity index (χ3n) is 4.78. The van der Waals surface area contributed by atoms with Gasteiger partial charge in [-0.2, -0.15) is 26.3 Å². The first kappa shape index (κ1) is 22.7. The van der Waals surface area contributed by atoms with E-state index in [2.05, 4.69) is 9.97 Å². The van der Waals surface area contributed by atoms with Crippen LogP contribution in [0.15, 0.2) is 58.3 Å². The van der Waals surface area contributed by atoms with E-state index in [1.807, 2.05) is 0 Å². The van der Waals surface area contributed by atoms with E-state index in [-0.39, 0.29) is 20.8 Å². The van der Waals surface area contributed by atoms with Crippen LogP contribution in [-0.4, -0.2) is 9.97 Å². The van der Waals surface area contributed by atoms with Gasteiger partial charge in [0.1, 0.15) is 0 Å². The maximum Gasteiger partial charge on any atom is 0.434 e. The van der Waals surface area contributed by atoms with Crippen LogP contribution < -0.4 is 0 Å². The third kappa shape index (κ3) is 4.38. The van der Waals surface area contributed by atoms with Crippen molar-refractivity contribution in [2.24, 2.45) is 0 Å². The highest BCUT2D eigenvalue weighted by Gasteiger charge is 2.38. The molecule has 0 amide bonds. The number of rotatable bonds is 3. The summed E-state index contributed by atoms with van der Waals surface area (Å²) >= 11 is 0. The molecule has 2 nitrogen and oxygen atoms in total. The number of aromatic nitrogens is 2. The quantitative estimate of drug-likeness (QED) is 0.216. The van der Waals surface area contributed by atoms with Crippen LogP contribution >= 0.6 is 21.6 Å². The summed E-state index contributed by atoms with van der Waals surface area (Å²) in [6, 6.07) is 12.5. The fraction of sp³-hybridized carbons (Fsp3) is 0.182. The number of para-hydroxylation sites is 2. The van der Waals surface area contributed by atoms with Crippen LogP contribution in [0.1, 0.15) is 22.5 Å². The van der Waals surface area contributed by atoms with Gasteiger partial charge in [0.05, 0.1) is 20.8 Å². The second-order valence-corrected chi connectivity index (χ2v) is 9.34. The molecule has 2 heterocycles. The SMILES string of the molecule is Cc1cccc2cc(SSc3cc4cccc(C)c4nc3C(F)(F)F)c(C(F)(F)F)nc12. The van der Waals surface area contributed by atoms with Crippen molar-refractivity contribution in [2.45, 2.75) is 36.0 Å². The molecule has 0 unspecified atom stereocenters. The van der Waals surface area contributed by atoms with Crippen molar-refractivity contribution < 1.29 is 26.3 Å². The molecule has 0 radical (unpaired) electrons. The van der Waals surface area contributed by atoms with Gasteiger partial charge in [0, 0.05) is 10.8 Å². The minimum Gasteiger partial charge on any atom is -0.242 e. The summed E-state index contributed by atoms with van der Waals surface area (Å²) in [6.45, 7) is 3.30. The van der Waals surface area contributed by atoms with E-state index >= 15 is 0 Å². The predicted molar refractivity (Wildman–Crippen MR) is 115 cm³/mol. The minimum atomic E-state index is -4.76. The Morgan fingerprint density at radius 3 is 1.34 bits per heavy atom. The number of aryl methyl sites for hydroxylation is 2. The first-order valence-electron chi connectivity index (χ1n) is 9.25. The monoisotopic (exact) mass is 484 g/mol. The van der Waals surface area contributed by atoms with Crippen LogP contribution in [0.4, 0.5) is 26.3 Å². The van der Waals surface area contributed by atoms with Gasteiger partial charge >= 0.3 is 12.4 Å². The first-order valence-corrected chi connectivity index (χ1v) is 11.4. The summed E-state index contributed by atoms with van der Waals surface area (Å²) in [4.78, 5) is 7.06. The highest BCUT2D eigenvalue weighted by atomic mass is 33.1. The summed E-state index contributed by atoms with van der Waals surface area (Å²) in [6.07, 6.45) is -9.52. The van der Waals surface area contributed by atoms with E-state index in [0.29, 0.717) is 43.5 Å². The van der Waals surface area contributed by atoms with Crippen molar-refractivity contribution in [3.05, 3.63) is 71.0 Å². The van der Waals surface area contributed by atoms with E-state index in [0.717, 1.165) is 0 Å². The maximum absolute atomic E-state index is 13.7. The molecular formula is C22H14F6N2S2. The molecule has 0 aliphatic carbocycles. The summed E-state index contributed by atoms with van der Waals surface area (Å²) in [5.41, 5.74) is -0.706. The molecule has 166 valence electrons. The Kier molecular flexibility index (Phi) is 5.79. The molecule has 2 aromatic heterocycles. The van der Waals surface area contributed by atoms with E-state index in [4.69, 9.17) is 0 Å². The van der Waals surface area contributed by atoms with Gasteiger partial charge in [-0.1, -0.05) is 58.0 Å². The maximum atomic E-state index is 13.7. The minimum absolute atomic E-state index is 0.202. The Morgan fingerprint density at radius 2 is 1.00 bits per heavy atom. The van der Waals surface area contributed by atoms with Gasteiger partial charge in [-0.25, -0.2) is 9.97 Å². The molecule has 0 aliphatic rings. The van der Waals surface area contributed by atoms with Gasteiger partial charge in [-0.3, -0.25) is 0 Å². The highest BCUT2D eigenvalue weighted by molar-refractivity contribution is 8.76. The fourth-order valence-corrected chi connectivity index (χ4v) is 5.59. The van der Waals surface area contributed by atoms with Crippen molar-refractivity contribution >= 4 is 43.4 Å². The molecule has 0 aliphatic heterocycles. The number of fused-ring (bicyclic) bond motifs is 2. The smallest absolute Gasteiger partial charge is 0.242 e. The molecule has 10 heteroatoms. The fourth-order valence-electron chi connectivity index (χ4n) is 3.28. The Morgan fingerprint density at radius 1 is 0.625 bits per heavy atom. The zero-order chi connectivity index (χ0) is 23.3. The third-order valence-corrected chi connectivity index (χ3v) is 7.18. The molecule has 4 aromatic rings. The van der Waals surface area contributed by atoms with Gasteiger partial charge in [0.25, 0.3) is 0 Å². The molecule has 0 atom stereocenters. The van der Waals surface area contributed by atoms with Crippen LogP contribution in [0, 0.1) is 13.8 Å². The summed E-state index contributed by atoms with van der Waals surface area (Å²) in [5.74, 6) is 0. The van der Waals surface area contributed by atoms with Gasteiger partial charge < -0.3 is 0 Å². The number of benzene rings is 2. The first-order chi connectivity index (χ1) is 14.9. The molecule has 0 spiro atoms. The van der Waals surface area contributed by atoms with Crippen molar-refractivity contribution in [1.82, 2.24) is 9.97 Å². The zero-order valence-corrected chi connectivity index (χ0v) is 18.2. The lowest BCUT2D eigenvalue weighted by molar-refractivity contribution is -0.144.